The lowest BCUT2D eigenvalue weighted by molar-refractivity contribution is 0.164. The van der Waals surface area contributed by atoms with Gasteiger partial charge in [-0.05, 0) is 76.0 Å². The minimum Gasteiger partial charge on any atom is -0.316 e. The predicted molar refractivity (Wildman–Crippen MR) is 78.8 cm³/mol. The van der Waals surface area contributed by atoms with Crippen LogP contribution in [-0.4, -0.2) is 37.6 Å². The van der Waals surface area contributed by atoms with E-state index in [4.69, 9.17) is 0 Å². The quantitative estimate of drug-likeness (QED) is 0.749. The highest BCUT2D eigenvalue weighted by molar-refractivity contribution is 4.77. The molecule has 18 heavy (non-hydrogen) atoms. The number of rotatable bonds is 7. The molecule has 1 aliphatic heterocycles. The largest absolute Gasteiger partial charge is 0.316 e. The molecule has 106 valence electrons. The normalized spacial score (nSPS) is 27.2. The average Bonchev–Trinajstić information content (AvgIpc) is 2.37. The molecule has 1 saturated heterocycles. The Kier molecular flexibility index (Phi) is 5.97. The second-order valence-corrected chi connectivity index (χ2v) is 6.56. The van der Waals surface area contributed by atoms with Crippen molar-refractivity contribution in [3.05, 3.63) is 0 Å². The molecule has 2 rings (SSSR count). The zero-order valence-corrected chi connectivity index (χ0v) is 12.5. The Morgan fingerprint density at radius 3 is 2.61 bits per heavy atom. The summed E-state index contributed by atoms with van der Waals surface area (Å²) in [6.45, 7) is 11.2. The van der Waals surface area contributed by atoms with Crippen molar-refractivity contribution >= 4 is 0 Å². The summed E-state index contributed by atoms with van der Waals surface area (Å²) in [6, 6.07) is 0. The molecule has 0 aromatic rings. The highest BCUT2D eigenvalue weighted by atomic mass is 15.1. The molecule has 1 N–H and O–H groups in total. The molecule has 0 aromatic carbocycles. The van der Waals surface area contributed by atoms with Crippen molar-refractivity contribution in [2.45, 2.75) is 52.4 Å². The van der Waals surface area contributed by atoms with E-state index in [1.54, 1.807) is 0 Å². The zero-order chi connectivity index (χ0) is 12.8. The summed E-state index contributed by atoms with van der Waals surface area (Å²) in [5.74, 6) is 2.85. The van der Waals surface area contributed by atoms with E-state index in [1.165, 1.54) is 71.2 Å². The fourth-order valence-corrected chi connectivity index (χ4v) is 3.41. The van der Waals surface area contributed by atoms with Gasteiger partial charge in [-0.1, -0.05) is 20.3 Å². The van der Waals surface area contributed by atoms with E-state index < -0.39 is 0 Å². The van der Waals surface area contributed by atoms with E-state index >= 15 is 0 Å². The fraction of sp³-hybridized carbons (Fsp3) is 1.00. The minimum absolute atomic E-state index is 0.897. The third-order valence-electron chi connectivity index (χ3n) is 5.23. The summed E-state index contributed by atoms with van der Waals surface area (Å²) < 4.78 is 0. The predicted octanol–water partition coefficient (Wildman–Crippen LogP) is 3.13. The van der Waals surface area contributed by atoms with Crippen molar-refractivity contribution in [1.82, 2.24) is 10.2 Å². The maximum atomic E-state index is 3.55. The molecule has 2 aliphatic rings. The molecule has 0 spiro atoms. The van der Waals surface area contributed by atoms with Crippen LogP contribution in [0.2, 0.25) is 0 Å². The first kappa shape index (κ1) is 14.3. The molecule has 2 atom stereocenters. The highest BCUT2D eigenvalue weighted by Crippen LogP contribution is 2.28. The van der Waals surface area contributed by atoms with E-state index in [0.29, 0.717) is 0 Å². The van der Waals surface area contributed by atoms with Gasteiger partial charge >= 0.3 is 0 Å². The van der Waals surface area contributed by atoms with Crippen LogP contribution in [0.3, 0.4) is 0 Å². The Bertz CT molecular complexity index is 217. The van der Waals surface area contributed by atoms with E-state index in [9.17, 15) is 0 Å². The molecule has 0 bridgehead atoms. The lowest BCUT2D eigenvalue weighted by Crippen LogP contribution is -2.36. The van der Waals surface area contributed by atoms with Crippen LogP contribution in [0.4, 0.5) is 0 Å². The van der Waals surface area contributed by atoms with E-state index in [0.717, 1.165) is 17.8 Å². The van der Waals surface area contributed by atoms with Crippen LogP contribution >= 0.6 is 0 Å². The molecule has 0 radical (unpaired) electrons. The third-order valence-corrected chi connectivity index (χ3v) is 5.23. The fourth-order valence-electron chi connectivity index (χ4n) is 3.41. The van der Waals surface area contributed by atoms with Crippen LogP contribution in [-0.2, 0) is 0 Å². The standard InChI is InChI=1S/C16H32N2/c1-3-18(13-15-6-4-7-15)11-9-14(2)16-8-5-10-17-12-16/h14-17H,3-13H2,1-2H3. The summed E-state index contributed by atoms with van der Waals surface area (Å²) in [6.07, 6.45) is 8.67. The first-order chi connectivity index (χ1) is 8.79. The highest BCUT2D eigenvalue weighted by Gasteiger charge is 2.22. The van der Waals surface area contributed by atoms with Crippen molar-refractivity contribution in [1.29, 1.82) is 0 Å². The number of hydrogen-bond acceptors (Lipinski definition) is 2. The maximum Gasteiger partial charge on any atom is 0.000954 e. The zero-order valence-electron chi connectivity index (χ0n) is 12.5. The lowest BCUT2D eigenvalue weighted by Gasteiger charge is -2.34. The summed E-state index contributed by atoms with van der Waals surface area (Å²) in [7, 11) is 0. The number of hydrogen-bond donors (Lipinski definition) is 1. The monoisotopic (exact) mass is 252 g/mol. The molecule has 2 heteroatoms. The van der Waals surface area contributed by atoms with Gasteiger partial charge in [0.05, 0.1) is 0 Å². The molecule has 0 amide bonds. The maximum absolute atomic E-state index is 3.55. The van der Waals surface area contributed by atoms with Gasteiger partial charge in [0.1, 0.15) is 0 Å². The molecule has 1 aliphatic carbocycles. The summed E-state index contributed by atoms with van der Waals surface area (Å²) in [5.41, 5.74) is 0. The summed E-state index contributed by atoms with van der Waals surface area (Å²) in [4.78, 5) is 2.69. The van der Waals surface area contributed by atoms with Crippen molar-refractivity contribution in [2.24, 2.45) is 17.8 Å². The molecule has 2 fully saturated rings. The molecular weight excluding hydrogens is 220 g/mol. The van der Waals surface area contributed by atoms with Crippen molar-refractivity contribution in [3.8, 4) is 0 Å². The number of nitrogens with zero attached hydrogens (tertiary/aromatic N) is 1. The Hall–Kier alpha value is -0.0800. The van der Waals surface area contributed by atoms with Crippen molar-refractivity contribution in [3.63, 3.8) is 0 Å². The Morgan fingerprint density at radius 2 is 2.06 bits per heavy atom. The number of piperidine rings is 1. The van der Waals surface area contributed by atoms with Crippen LogP contribution in [0.1, 0.15) is 52.4 Å². The van der Waals surface area contributed by atoms with Gasteiger partial charge in [-0.15, -0.1) is 0 Å². The Labute approximate surface area is 114 Å². The Balaban J connectivity index is 1.64. The smallest absolute Gasteiger partial charge is 0.000954 e. The van der Waals surface area contributed by atoms with Crippen molar-refractivity contribution < 1.29 is 0 Å². The minimum atomic E-state index is 0.897. The lowest BCUT2D eigenvalue weighted by atomic mass is 9.84. The van der Waals surface area contributed by atoms with Gasteiger partial charge in [-0.3, -0.25) is 0 Å². The molecule has 1 saturated carbocycles. The Morgan fingerprint density at radius 1 is 1.22 bits per heavy atom. The van der Waals surface area contributed by atoms with Gasteiger partial charge in [0.15, 0.2) is 0 Å². The van der Waals surface area contributed by atoms with Crippen molar-refractivity contribution in [2.75, 3.05) is 32.7 Å². The topological polar surface area (TPSA) is 15.3 Å². The van der Waals surface area contributed by atoms with Crippen LogP contribution in [0, 0.1) is 17.8 Å². The molecule has 2 unspecified atom stereocenters. The average molecular weight is 252 g/mol. The van der Waals surface area contributed by atoms with Gasteiger partial charge in [-0.2, -0.15) is 0 Å². The second-order valence-electron chi connectivity index (χ2n) is 6.56. The summed E-state index contributed by atoms with van der Waals surface area (Å²) in [5, 5.41) is 3.55. The van der Waals surface area contributed by atoms with E-state index in [-0.39, 0.29) is 0 Å². The van der Waals surface area contributed by atoms with E-state index in [2.05, 4.69) is 24.1 Å². The molecular formula is C16H32N2. The molecule has 1 heterocycles. The van der Waals surface area contributed by atoms with Crippen LogP contribution < -0.4 is 5.32 Å². The van der Waals surface area contributed by atoms with Gasteiger partial charge < -0.3 is 10.2 Å². The first-order valence-electron chi connectivity index (χ1n) is 8.22. The van der Waals surface area contributed by atoms with Gasteiger partial charge in [0.25, 0.3) is 0 Å². The third kappa shape index (κ3) is 4.24. The van der Waals surface area contributed by atoms with E-state index in [1.807, 2.05) is 0 Å². The molecule has 0 aromatic heterocycles. The van der Waals surface area contributed by atoms with Gasteiger partial charge in [0, 0.05) is 6.54 Å². The van der Waals surface area contributed by atoms with Crippen LogP contribution in [0.5, 0.6) is 0 Å². The summed E-state index contributed by atoms with van der Waals surface area (Å²) >= 11 is 0. The number of nitrogens with one attached hydrogen (secondary N) is 1. The van der Waals surface area contributed by atoms with Gasteiger partial charge in [0.2, 0.25) is 0 Å². The molecule has 2 nitrogen and oxygen atoms in total. The van der Waals surface area contributed by atoms with Crippen LogP contribution in [0.25, 0.3) is 0 Å². The van der Waals surface area contributed by atoms with Gasteiger partial charge in [-0.25, -0.2) is 0 Å². The first-order valence-corrected chi connectivity index (χ1v) is 8.22. The second kappa shape index (κ2) is 7.49. The van der Waals surface area contributed by atoms with Crippen LogP contribution in [0.15, 0.2) is 0 Å². The SMILES string of the molecule is CCN(CCC(C)C1CCCNC1)CC1CCC1.